The second kappa shape index (κ2) is 6.30. The minimum atomic E-state index is -0.477. The predicted octanol–water partition coefficient (Wildman–Crippen LogP) is 1.93. The molecular weight excluding hydrogens is 283 g/mol. The first-order valence-electron chi connectivity index (χ1n) is 7.44. The molecule has 0 unspecified atom stereocenters. The maximum Gasteiger partial charge on any atom is 0.498 e. The van der Waals surface area contributed by atoms with E-state index in [0.29, 0.717) is 5.75 Å². The van der Waals surface area contributed by atoms with Crippen molar-refractivity contribution >= 4 is 18.6 Å². The van der Waals surface area contributed by atoms with Crippen LogP contribution in [-0.2, 0) is 18.8 Å². The molecule has 1 aromatic carbocycles. The standard InChI is InChI=1S/C16H23BO5/c1-12(18)19-10-11-20-14-9-7-6-8-13(14)17-21-15(2,3)16(4,5)22-17/h6-9H,10-11H2,1-5H3. The number of rotatable bonds is 5. The fraction of sp³-hybridized carbons (Fsp3) is 0.562. The number of para-hydroxylation sites is 1. The van der Waals surface area contributed by atoms with Gasteiger partial charge >= 0.3 is 13.1 Å². The van der Waals surface area contributed by atoms with E-state index in [-0.39, 0.29) is 19.2 Å². The Morgan fingerprint density at radius 2 is 1.68 bits per heavy atom. The van der Waals surface area contributed by atoms with Crippen LogP contribution in [0.4, 0.5) is 0 Å². The maximum absolute atomic E-state index is 10.8. The first-order chi connectivity index (χ1) is 10.2. The zero-order valence-electron chi connectivity index (χ0n) is 13.8. The molecule has 0 amide bonds. The molecule has 0 aromatic heterocycles. The normalized spacial score (nSPS) is 19.0. The summed E-state index contributed by atoms with van der Waals surface area (Å²) in [6.45, 7) is 9.92. The van der Waals surface area contributed by atoms with E-state index in [2.05, 4.69) is 0 Å². The molecule has 1 aliphatic rings. The first-order valence-corrected chi connectivity index (χ1v) is 7.44. The highest BCUT2D eigenvalue weighted by Gasteiger charge is 2.52. The summed E-state index contributed by atoms with van der Waals surface area (Å²) in [5, 5.41) is 0. The largest absolute Gasteiger partial charge is 0.498 e. The van der Waals surface area contributed by atoms with Crippen LogP contribution >= 0.6 is 0 Å². The van der Waals surface area contributed by atoms with Gasteiger partial charge in [0.1, 0.15) is 19.0 Å². The Balaban J connectivity index is 2.08. The molecule has 22 heavy (non-hydrogen) atoms. The molecule has 5 nitrogen and oxygen atoms in total. The van der Waals surface area contributed by atoms with Crippen LogP contribution in [0, 0.1) is 0 Å². The van der Waals surface area contributed by atoms with E-state index in [1.165, 1.54) is 6.92 Å². The van der Waals surface area contributed by atoms with E-state index >= 15 is 0 Å². The summed E-state index contributed by atoms with van der Waals surface area (Å²) in [5.74, 6) is 0.357. The molecule has 120 valence electrons. The Hall–Kier alpha value is -1.53. The van der Waals surface area contributed by atoms with Gasteiger partial charge in [0, 0.05) is 12.4 Å². The summed E-state index contributed by atoms with van der Waals surface area (Å²) in [6, 6.07) is 7.58. The number of hydrogen-bond donors (Lipinski definition) is 0. The summed E-state index contributed by atoms with van der Waals surface area (Å²) >= 11 is 0. The average Bonchev–Trinajstić information content (AvgIpc) is 2.64. The number of carbonyl (C=O) groups excluding carboxylic acids is 1. The third-order valence-corrected chi connectivity index (χ3v) is 4.07. The van der Waals surface area contributed by atoms with Crippen LogP contribution in [0.5, 0.6) is 5.75 Å². The number of benzene rings is 1. The van der Waals surface area contributed by atoms with Gasteiger partial charge in [-0.3, -0.25) is 4.79 Å². The summed E-state index contributed by atoms with van der Waals surface area (Å²) in [5.41, 5.74) is 0.0365. The Morgan fingerprint density at radius 3 is 2.27 bits per heavy atom. The average molecular weight is 306 g/mol. The van der Waals surface area contributed by atoms with E-state index < -0.39 is 18.3 Å². The number of ether oxygens (including phenoxy) is 2. The maximum atomic E-state index is 10.8. The molecule has 1 aliphatic heterocycles. The van der Waals surface area contributed by atoms with Crippen LogP contribution in [-0.4, -0.2) is 37.5 Å². The highest BCUT2D eigenvalue weighted by Crippen LogP contribution is 2.37. The SMILES string of the molecule is CC(=O)OCCOc1ccccc1B1OC(C)(C)C(C)(C)O1. The van der Waals surface area contributed by atoms with E-state index in [9.17, 15) is 4.79 Å². The van der Waals surface area contributed by atoms with Crippen molar-refractivity contribution in [2.45, 2.75) is 45.8 Å². The number of hydrogen-bond acceptors (Lipinski definition) is 5. The molecule has 2 rings (SSSR count). The molecular formula is C16H23BO5. The molecule has 1 fully saturated rings. The van der Waals surface area contributed by atoms with E-state index in [1.807, 2.05) is 52.0 Å². The van der Waals surface area contributed by atoms with Crippen LogP contribution in [0.2, 0.25) is 0 Å². The third kappa shape index (κ3) is 3.62. The van der Waals surface area contributed by atoms with Gasteiger partial charge in [0.25, 0.3) is 0 Å². The summed E-state index contributed by atoms with van der Waals surface area (Å²) in [4.78, 5) is 10.8. The van der Waals surface area contributed by atoms with Crippen LogP contribution in [0.25, 0.3) is 0 Å². The van der Waals surface area contributed by atoms with Crippen molar-refractivity contribution in [2.24, 2.45) is 0 Å². The Morgan fingerprint density at radius 1 is 1.09 bits per heavy atom. The van der Waals surface area contributed by atoms with Crippen molar-refractivity contribution in [1.82, 2.24) is 0 Å². The van der Waals surface area contributed by atoms with Crippen molar-refractivity contribution in [3.05, 3.63) is 24.3 Å². The van der Waals surface area contributed by atoms with Gasteiger partial charge in [0.2, 0.25) is 0 Å². The monoisotopic (exact) mass is 306 g/mol. The van der Waals surface area contributed by atoms with Gasteiger partial charge in [-0.2, -0.15) is 0 Å². The van der Waals surface area contributed by atoms with E-state index in [0.717, 1.165) is 5.46 Å². The summed E-state index contributed by atoms with van der Waals surface area (Å²) < 4.78 is 22.7. The molecule has 0 radical (unpaired) electrons. The first kappa shape index (κ1) is 16.8. The van der Waals surface area contributed by atoms with Crippen molar-refractivity contribution < 1.29 is 23.6 Å². The van der Waals surface area contributed by atoms with Crippen molar-refractivity contribution in [2.75, 3.05) is 13.2 Å². The van der Waals surface area contributed by atoms with Crippen LogP contribution in [0.15, 0.2) is 24.3 Å². The molecule has 0 saturated carbocycles. The predicted molar refractivity (Wildman–Crippen MR) is 84.3 cm³/mol. The molecule has 0 spiro atoms. The highest BCUT2D eigenvalue weighted by molar-refractivity contribution is 6.63. The quantitative estimate of drug-likeness (QED) is 0.473. The van der Waals surface area contributed by atoms with Crippen molar-refractivity contribution in [3.8, 4) is 5.75 Å². The highest BCUT2D eigenvalue weighted by atomic mass is 16.7. The van der Waals surface area contributed by atoms with Crippen LogP contribution in [0.3, 0.4) is 0 Å². The van der Waals surface area contributed by atoms with Gasteiger partial charge in [-0.05, 0) is 33.8 Å². The number of esters is 1. The minimum Gasteiger partial charge on any atom is -0.490 e. The van der Waals surface area contributed by atoms with Gasteiger partial charge in [-0.1, -0.05) is 18.2 Å². The zero-order chi connectivity index (χ0) is 16.4. The molecule has 1 saturated heterocycles. The molecule has 6 heteroatoms. The van der Waals surface area contributed by atoms with Crippen molar-refractivity contribution in [1.29, 1.82) is 0 Å². The van der Waals surface area contributed by atoms with Gasteiger partial charge in [-0.25, -0.2) is 0 Å². The van der Waals surface area contributed by atoms with Gasteiger partial charge < -0.3 is 18.8 Å². The lowest BCUT2D eigenvalue weighted by molar-refractivity contribution is -0.141. The second-order valence-corrected chi connectivity index (χ2v) is 6.31. The Bertz CT molecular complexity index is 525. The Labute approximate surface area is 132 Å². The molecule has 0 bridgehead atoms. The van der Waals surface area contributed by atoms with Crippen molar-refractivity contribution in [3.63, 3.8) is 0 Å². The molecule has 0 aliphatic carbocycles. The Kier molecular flexibility index (Phi) is 4.82. The molecule has 1 aromatic rings. The van der Waals surface area contributed by atoms with E-state index in [1.54, 1.807) is 0 Å². The minimum absolute atomic E-state index is 0.215. The van der Waals surface area contributed by atoms with Gasteiger partial charge in [0.05, 0.1) is 11.2 Å². The topological polar surface area (TPSA) is 54.0 Å². The fourth-order valence-electron chi connectivity index (χ4n) is 2.11. The second-order valence-electron chi connectivity index (χ2n) is 6.31. The van der Waals surface area contributed by atoms with Gasteiger partial charge in [-0.15, -0.1) is 0 Å². The lowest BCUT2D eigenvalue weighted by Crippen LogP contribution is -2.41. The lowest BCUT2D eigenvalue weighted by Gasteiger charge is -2.32. The van der Waals surface area contributed by atoms with Crippen LogP contribution in [0.1, 0.15) is 34.6 Å². The van der Waals surface area contributed by atoms with Gasteiger partial charge in [0.15, 0.2) is 0 Å². The lowest BCUT2D eigenvalue weighted by atomic mass is 9.78. The smallest absolute Gasteiger partial charge is 0.490 e. The molecule has 1 heterocycles. The summed E-state index contributed by atoms with van der Waals surface area (Å²) in [6.07, 6.45) is 0. The zero-order valence-corrected chi connectivity index (χ0v) is 13.8. The van der Waals surface area contributed by atoms with Crippen LogP contribution < -0.4 is 10.2 Å². The molecule has 0 atom stereocenters. The van der Waals surface area contributed by atoms with E-state index in [4.69, 9.17) is 18.8 Å². The summed E-state index contributed by atoms with van der Waals surface area (Å²) in [7, 11) is -0.477. The third-order valence-electron chi connectivity index (χ3n) is 4.07. The number of carbonyl (C=O) groups is 1. The fourth-order valence-corrected chi connectivity index (χ4v) is 2.11. The molecule has 0 N–H and O–H groups in total.